The third-order valence-corrected chi connectivity index (χ3v) is 3.61. The molecule has 0 aromatic heterocycles. The van der Waals surface area contributed by atoms with Gasteiger partial charge in [-0.05, 0) is 31.2 Å². The molecule has 2 N–H and O–H groups in total. The zero-order valence-electron chi connectivity index (χ0n) is 11.4. The Bertz CT molecular complexity index is 387. The highest BCUT2D eigenvalue weighted by molar-refractivity contribution is 5.54. The van der Waals surface area contributed by atoms with Gasteiger partial charge in [0.15, 0.2) is 0 Å². The first-order chi connectivity index (χ1) is 8.69. The lowest BCUT2D eigenvalue weighted by molar-refractivity contribution is 0.155. The molecule has 4 heteroatoms. The number of nitrogens with zero attached hydrogens (tertiary/aromatic N) is 2. The normalized spacial score (nSPS) is 17.9. The van der Waals surface area contributed by atoms with Gasteiger partial charge in [-0.3, -0.25) is 0 Å². The Hall–Kier alpha value is -1.26. The number of ether oxygens (including phenoxy) is 1. The molecule has 4 nitrogen and oxygen atoms in total. The molecule has 1 heterocycles. The van der Waals surface area contributed by atoms with Crippen molar-refractivity contribution in [3.05, 3.63) is 23.8 Å². The van der Waals surface area contributed by atoms with Gasteiger partial charge in [-0.1, -0.05) is 6.07 Å². The Morgan fingerprint density at radius 1 is 1.22 bits per heavy atom. The van der Waals surface area contributed by atoms with Crippen molar-refractivity contribution in [2.45, 2.75) is 6.42 Å². The van der Waals surface area contributed by atoms with Crippen LogP contribution in [0, 0.1) is 0 Å². The van der Waals surface area contributed by atoms with E-state index in [2.05, 4.69) is 22.9 Å². The summed E-state index contributed by atoms with van der Waals surface area (Å²) in [5.41, 5.74) is 7.93. The number of methoxy groups -OCH3 is 1. The lowest BCUT2D eigenvalue weighted by atomic mass is 10.1. The van der Waals surface area contributed by atoms with E-state index in [0.29, 0.717) is 0 Å². The van der Waals surface area contributed by atoms with Crippen LogP contribution in [-0.4, -0.2) is 56.7 Å². The summed E-state index contributed by atoms with van der Waals surface area (Å²) in [5, 5.41) is 0. The molecular formula is C14H23N3O. The van der Waals surface area contributed by atoms with E-state index in [9.17, 15) is 0 Å². The van der Waals surface area contributed by atoms with Gasteiger partial charge in [0.25, 0.3) is 0 Å². The maximum absolute atomic E-state index is 5.91. The monoisotopic (exact) mass is 249 g/mol. The summed E-state index contributed by atoms with van der Waals surface area (Å²) in [6.45, 7) is 5.79. The molecule has 1 aliphatic rings. The first-order valence-corrected chi connectivity index (χ1v) is 6.52. The van der Waals surface area contributed by atoms with Crippen molar-refractivity contribution >= 4 is 5.69 Å². The number of nitrogens with two attached hydrogens (primary N) is 1. The van der Waals surface area contributed by atoms with E-state index in [-0.39, 0.29) is 0 Å². The second-order valence-electron chi connectivity index (χ2n) is 4.97. The van der Waals surface area contributed by atoms with E-state index in [1.807, 2.05) is 12.1 Å². The number of hydrogen-bond donors (Lipinski definition) is 1. The lowest BCUT2D eigenvalue weighted by Gasteiger charge is -2.32. The van der Waals surface area contributed by atoms with Gasteiger partial charge in [0.2, 0.25) is 0 Å². The predicted octanol–water partition coefficient (Wildman–Crippen LogP) is 1.07. The van der Waals surface area contributed by atoms with E-state index >= 15 is 0 Å². The SMILES string of the molecule is COc1ccc(CCN2CCN(C)CC2)cc1N. The highest BCUT2D eigenvalue weighted by Crippen LogP contribution is 2.22. The van der Waals surface area contributed by atoms with Crippen LogP contribution >= 0.6 is 0 Å². The van der Waals surface area contributed by atoms with Crippen LogP contribution < -0.4 is 10.5 Å². The fraction of sp³-hybridized carbons (Fsp3) is 0.571. The first-order valence-electron chi connectivity index (χ1n) is 6.52. The van der Waals surface area contributed by atoms with Crippen LogP contribution in [0.2, 0.25) is 0 Å². The number of piperazine rings is 1. The number of benzene rings is 1. The van der Waals surface area contributed by atoms with Crippen LogP contribution in [0.15, 0.2) is 18.2 Å². The fourth-order valence-electron chi connectivity index (χ4n) is 2.30. The molecule has 18 heavy (non-hydrogen) atoms. The minimum absolute atomic E-state index is 0.730. The minimum atomic E-state index is 0.730. The molecule has 100 valence electrons. The molecule has 0 atom stereocenters. The van der Waals surface area contributed by atoms with Crippen LogP contribution in [0.4, 0.5) is 5.69 Å². The summed E-state index contributed by atoms with van der Waals surface area (Å²) in [6.07, 6.45) is 1.05. The van der Waals surface area contributed by atoms with Crippen LogP contribution in [0.1, 0.15) is 5.56 Å². The fourth-order valence-corrected chi connectivity index (χ4v) is 2.30. The zero-order valence-corrected chi connectivity index (χ0v) is 11.4. The molecule has 0 saturated carbocycles. The number of anilines is 1. The van der Waals surface area contributed by atoms with Gasteiger partial charge in [0.05, 0.1) is 12.8 Å². The predicted molar refractivity (Wildman–Crippen MR) is 75.0 cm³/mol. The van der Waals surface area contributed by atoms with Gasteiger partial charge < -0.3 is 20.3 Å². The lowest BCUT2D eigenvalue weighted by Crippen LogP contribution is -2.45. The Balaban J connectivity index is 1.84. The van der Waals surface area contributed by atoms with E-state index in [0.717, 1.165) is 24.4 Å². The van der Waals surface area contributed by atoms with Crippen molar-refractivity contribution in [3.63, 3.8) is 0 Å². The molecule has 1 aromatic carbocycles. The third kappa shape index (κ3) is 3.37. The molecule has 0 amide bonds. The summed E-state index contributed by atoms with van der Waals surface area (Å²) in [5.74, 6) is 0.762. The minimum Gasteiger partial charge on any atom is -0.495 e. The molecule has 0 bridgehead atoms. The maximum Gasteiger partial charge on any atom is 0.141 e. The van der Waals surface area contributed by atoms with Crippen LogP contribution in [0.3, 0.4) is 0 Å². The van der Waals surface area contributed by atoms with Crippen LogP contribution in [-0.2, 0) is 6.42 Å². The van der Waals surface area contributed by atoms with Gasteiger partial charge >= 0.3 is 0 Å². The number of nitrogen functional groups attached to an aromatic ring is 1. The zero-order chi connectivity index (χ0) is 13.0. The molecule has 1 saturated heterocycles. The molecule has 0 unspecified atom stereocenters. The maximum atomic E-state index is 5.91. The van der Waals surface area contributed by atoms with Gasteiger partial charge in [-0.25, -0.2) is 0 Å². The van der Waals surface area contributed by atoms with Gasteiger partial charge in [-0.15, -0.1) is 0 Å². The second kappa shape index (κ2) is 6.07. The van der Waals surface area contributed by atoms with E-state index in [1.165, 1.54) is 31.7 Å². The smallest absolute Gasteiger partial charge is 0.141 e. The molecule has 0 aliphatic carbocycles. The van der Waals surface area contributed by atoms with Crippen molar-refractivity contribution in [3.8, 4) is 5.75 Å². The molecule has 1 aromatic rings. The Morgan fingerprint density at radius 3 is 2.56 bits per heavy atom. The van der Waals surface area contributed by atoms with Crippen molar-refractivity contribution in [1.29, 1.82) is 0 Å². The molecular weight excluding hydrogens is 226 g/mol. The third-order valence-electron chi connectivity index (χ3n) is 3.61. The summed E-state index contributed by atoms with van der Waals surface area (Å²) in [7, 11) is 3.83. The first kappa shape index (κ1) is 13.2. The Kier molecular flexibility index (Phi) is 4.44. The van der Waals surface area contributed by atoms with Crippen molar-refractivity contribution in [2.24, 2.45) is 0 Å². The van der Waals surface area contributed by atoms with Crippen LogP contribution in [0.25, 0.3) is 0 Å². The van der Waals surface area contributed by atoms with Crippen LogP contribution in [0.5, 0.6) is 5.75 Å². The highest BCUT2D eigenvalue weighted by atomic mass is 16.5. The molecule has 1 fully saturated rings. The summed E-state index contributed by atoms with van der Waals surface area (Å²) < 4.78 is 5.17. The van der Waals surface area contributed by atoms with Gasteiger partial charge in [0.1, 0.15) is 5.75 Å². The Morgan fingerprint density at radius 2 is 1.94 bits per heavy atom. The van der Waals surface area contributed by atoms with Crippen molar-refractivity contribution < 1.29 is 4.74 Å². The topological polar surface area (TPSA) is 41.7 Å². The molecule has 0 radical (unpaired) electrons. The highest BCUT2D eigenvalue weighted by Gasteiger charge is 2.13. The summed E-state index contributed by atoms with van der Waals surface area (Å²) in [6, 6.07) is 6.08. The van der Waals surface area contributed by atoms with Gasteiger partial charge in [-0.2, -0.15) is 0 Å². The average Bonchev–Trinajstić information content (AvgIpc) is 2.38. The largest absolute Gasteiger partial charge is 0.495 e. The van der Waals surface area contributed by atoms with E-state index in [1.54, 1.807) is 7.11 Å². The van der Waals surface area contributed by atoms with Crippen molar-refractivity contribution in [2.75, 3.05) is 52.6 Å². The molecule has 2 rings (SSSR count). The Labute approximate surface area is 109 Å². The van der Waals surface area contributed by atoms with E-state index in [4.69, 9.17) is 10.5 Å². The number of rotatable bonds is 4. The quantitative estimate of drug-likeness (QED) is 0.810. The van der Waals surface area contributed by atoms with E-state index < -0.39 is 0 Å². The standard InChI is InChI=1S/C14H23N3O/c1-16-7-9-17(10-8-16)6-5-12-3-4-14(18-2)13(15)11-12/h3-4,11H,5-10,15H2,1-2H3. The number of hydrogen-bond acceptors (Lipinski definition) is 4. The summed E-state index contributed by atoms with van der Waals surface area (Å²) >= 11 is 0. The second-order valence-corrected chi connectivity index (χ2v) is 4.97. The molecule has 1 aliphatic heterocycles. The van der Waals surface area contributed by atoms with Gasteiger partial charge in [0, 0.05) is 32.7 Å². The molecule has 0 spiro atoms. The number of likely N-dealkylation sites (N-methyl/N-ethyl adjacent to an activating group) is 1. The van der Waals surface area contributed by atoms with Crippen molar-refractivity contribution in [1.82, 2.24) is 9.80 Å². The average molecular weight is 249 g/mol. The summed E-state index contributed by atoms with van der Waals surface area (Å²) in [4.78, 5) is 4.89.